The largest absolute Gasteiger partial charge is 0.324 e. The topological polar surface area (TPSA) is 127 Å². The van der Waals surface area contributed by atoms with E-state index in [9.17, 15) is 13.2 Å². The van der Waals surface area contributed by atoms with Gasteiger partial charge in [0.2, 0.25) is 5.91 Å². The number of amides is 1. The minimum atomic E-state index is -3.84. The first-order valence-corrected chi connectivity index (χ1v) is 6.63. The lowest BCUT2D eigenvalue weighted by Gasteiger charge is -2.18. The maximum Gasteiger partial charge on any atom is 0.296 e. The molecular formula is C10H16N4O3S. The van der Waals surface area contributed by atoms with E-state index < -0.39 is 15.7 Å². The van der Waals surface area contributed by atoms with Crippen molar-refractivity contribution in [2.24, 2.45) is 10.9 Å². The van der Waals surface area contributed by atoms with E-state index >= 15 is 0 Å². The molecule has 0 bridgehead atoms. The highest BCUT2D eigenvalue weighted by molar-refractivity contribution is 7.90. The first-order valence-electron chi connectivity index (χ1n) is 5.09. The average Bonchev–Trinajstić information content (AvgIpc) is 2.13. The molecule has 0 aromatic heterocycles. The van der Waals surface area contributed by atoms with Crippen LogP contribution in [0.25, 0.3) is 0 Å². The number of anilines is 2. The van der Waals surface area contributed by atoms with Gasteiger partial charge in [-0.15, -0.1) is 0 Å². The zero-order valence-corrected chi connectivity index (χ0v) is 10.9. The molecular weight excluding hydrogens is 256 g/mol. The molecule has 0 aliphatic carbocycles. The predicted octanol–water partition coefficient (Wildman–Crippen LogP) is -0.0222. The van der Waals surface area contributed by atoms with Crippen molar-refractivity contribution in [2.75, 3.05) is 10.0 Å². The van der Waals surface area contributed by atoms with Crippen LogP contribution in [-0.2, 0) is 15.0 Å². The van der Waals surface area contributed by atoms with E-state index in [2.05, 4.69) is 10.0 Å². The van der Waals surface area contributed by atoms with Crippen LogP contribution < -0.4 is 20.9 Å². The summed E-state index contributed by atoms with van der Waals surface area (Å²) in [6.45, 7) is 3.13. The van der Waals surface area contributed by atoms with Gasteiger partial charge in [-0.3, -0.25) is 9.52 Å². The van der Waals surface area contributed by atoms with Crippen LogP contribution in [0.3, 0.4) is 0 Å². The van der Waals surface area contributed by atoms with E-state index in [1.54, 1.807) is 26.0 Å². The normalized spacial score (nSPS) is 12.0. The van der Waals surface area contributed by atoms with Crippen LogP contribution in [0.4, 0.5) is 11.4 Å². The SMILES string of the molecule is CC(C)(N)C(=O)Nc1cccc(NS(N)(=O)=O)c1. The highest BCUT2D eigenvalue weighted by atomic mass is 32.2. The minimum Gasteiger partial charge on any atom is -0.324 e. The Balaban J connectivity index is 2.87. The second kappa shape index (κ2) is 4.92. The van der Waals surface area contributed by atoms with Gasteiger partial charge in [0.05, 0.1) is 11.2 Å². The van der Waals surface area contributed by atoms with Crippen LogP contribution in [-0.4, -0.2) is 19.9 Å². The van der Waals surface area contributed by atoms with Gasteiger partial charge in [-0.1, -0.05) is 6.07 Å². The molecule has 1 rings (SSSR count). The number of nitrogens with two attached hydrogens (primary N) is 2. The number of carbonyl (C=O) groups is 1. The van der Waals surface area contributed by atoms with Gasteiger partial charge in [-0.25, -0.2) is 5.14 Å². The second-order valence-electron chi connectivity index (χ2n) is 4.40. The first kappa shape index (κ1) is 14.4. The molecule has 1 amide bonds. The molecule has 6 N–H and O–H groups in total. The third-order valence-electron chi connectivity index (χ3n) is 1.97. The van der Waals surface area contributed by atoms with Gasteiger partial charge in [-0.05, 0) is 32.0 Å². The quantitative estimate of drug-likeness (QED) is 0.614. The fourth-order valence-corrected chi connectivity index (χ4v) is 1.57. The molecule has 0 spiro atoms. The number of rotatable bonds is 4. The fraction of sp³-hybridized carbons (Fsp3) is 0.300. The van der Waals surface area contributed by atoms with Crippen molar-refractivity contribution in [1.29, 1.82) is 0 Å². The molecule has 0 atom stereocenters. The molecule has 1 aromatic carbocycles. The van der Waals surface area contributed by atoms with Crippen LogP contribution in [0.5, 0.6) is 0 Å². The van der Waals surface area contributed by atoms with Gasteiger partial charge >= 0.3 is 0 Å². The zero-order chi connectivity index (χ0) is 14.0. The molecule has 0 saturated heterocycles. The van der Waals surface area contributed by atoms with E-state index in [0.29, 0.717) is 5.69 Å². The number of hydrogen-bond donors (Lipinski definition) is 4. The molecule has 0 heterocycles. The highest BCUT2D eigenvalue weighted by Gasteiger charge is 2.21. The van der Waals surface area contributed by atoms with Crippen LogP contribution in [0.2, 0.25) is 0 Å². The first-order chi connectivity index (χ1) is 8.08. The standard InChI is InChI=1S/C10H16N4O3S/c1-10(2,11)9(15)13-7-4-3-5-8(6-7)14-18(12,16)17/h3-6,14H,11H2,1-2H3,(H,13,15)(H2,12,16,17). The molecule has 7 nitrogen and oxygen atoms in total. The van der Waals surface area contributed by atoms with Crippen LogP contribution in [0.1, 0.15) is 13.8 Å². The van der Waals surface area contributed by atoms with Crippen LogP contribution in [0.15, 0.2) is 24.3 Å². The summed E-state index contributed by atoms with van der Waals surface area (Å²) in [6.07, 6.45) is 0. The molecule has 0 aliphatic heterocycles. The summed E-state index contributed by atoms with van der Waals surface area (Å²) in [4.78, 5) is 11.6. The van der Waals surface area contributed by atoms with E-state index in [0.717, 1.165) is 0 Å². The van der Waals surface area contributed by atoms with Gasteiger partial charge in [0.1, 0.15) is 0 Å². The molecule has 0 saturated carbocycles. The van der Waals surface area contributed by atoms with Gasteiger partial charge in [-0.2, -0.15) is 8.42 Å². The lowest BCUT2D eigenvalue weighted by atomic mass is 10.1. The number of hydrogen-bond acceptors (Lipinski definition) is 4. The summed E-state index contributed by atoms with van der Waals surface area (Å²) < 4.78 is 23.8. The maximum atomic E-state index is 11.6. The van der Waals surface area contributed by atoms with Gasteiger partial charge in [0.15, 0.2) is 0 Å². The highest BCUT2D eigenvalue weighted by Crippen LogP contribution is 2.16. The van der Waals surface area contributed by atoms with Crippen molar-refractivity contribution < 1.29 is 13.2 Å². The molecule has 1 aromatic rings. The summed E-state index contributed by atoms with van der Waals surface area (Å²) in [7, 11) is -3.84. The molecule has 18 heavy (non-hydrogen) atoms. The molecule has 0 aliphatic rings. The van der Waals surface area contributed by atoms with Crippen molar-refractivity contribution in [3.8, 4) is 0 Å². The number of nitrogens with one attached hydrogen (secondary N) is 2. The number of benzene rings is 1. The predicted molar refractivity (Wildman–Crippen MR) is 70.1 cm³/mol. The van der Waals surface area contributed by atoms with E-state index in [1.807, 2.05) is 0 Å². The van der Waals surface area contributed by atoms with Crippen LogP contribution in [0, 0.1) is 0 Å². The summed E-state index contributed by atoms with van der Waals surface area (Å²) in [5, 5.41) is 7.41. The van der Waals surface area contributed by atoms with Crippen molar-refractivity contribution in [3.63, 3.8) is 0 Å². The third kappa shape index (κ3) is 4.70. The zero-order valence-electron chi connectivity index (χ0n) is 10.1. The Kier molecular flexibility index (Phi) is 3.95. The Morgan fingerprint density at radius 2 is 1.83 bits per heavy atom. The summed E-state index contributed by atoms with van der Waals surface area (Å²) in [5.41, 5.74) is 5.28. The molecule has 0 unspecified atom stereocenters. The van der Waals surface area contributed by atoms with Gasteiger partial charge < -0.3 is 11.1 Å². The minimum absolute atomic E-state index is 0.255. The Hall–Kier alpha value is -1.64. The maximum absolute atomic E-state index is 11.6. The molecule has 0 fully saturated rings. The van der Waals surface area contributed by atoms with Crippen molar-refractivity contribution in [1.82, 2.24) is 0 Å². The lowest BCUT2D eigenvalue weighted by molar-refractivity contribution is -0.120. The van der Waals surface area contributed by atoms with E-state index in [-0.39, 0.29) is 11.6 Å². The van der Waals surface area contributed by atoms with E-state index in [1.165, 1.54) is 12.1 Å². The lowest BCUT2D eigenvalue weighted by Crippen LogP contribution is -2.45. The second-order valence-corrected chi connectivity index (χ2v) is 5.70. The Morgan fingerprint density at radius 3 is 2.33 bits per heavy atom. The summed E-state index contributed by atoms with van der Waals surface area (Å²) in [5.74, 6) is -0.379. The number of carbonyl (C=O) groups excluding carboxylic acids is 1. The summed E-state index contributed by atoms with van der Waals surface area (Å²) in [6, 6.07) is 6.13. The third-order valence-corrected chi connectivity index (χ3v) is 2.49. The smallest absolute Gasteiger partial charge is 0.296 e. The fourth-order valence-electron chi connectivity index (χ4n) is 1.12. The van der Waals surface area contributed by atoms with Gasteiger partial charge in [0, 0.05) is 5.69 Å². The van der Waals surface area contributed by atoms with E-state index in [4.69, 9.17) is 10.9 Å². The molecule has 8 heteroatoms. The Morgan fingerprint density at radius 1 is 1.28 bits per heavy atom. The van der Waals surface area contributed by atoms with Crippen molar-refractivity contribution >= 4 is 27.5 Å². The Labute approximate surface area is 106 Å². The van der Waals surface area contributed by atoms with Crippen molar-refractivity contribution in [3.05, 3.63) is 24.3 Å². The summed E-state index contributed by atoms with van der Waals surface area (Å²) >= 11 is 0. The monoisotopic (exact) mass is 272 g/mol. The molecule has 100 valence electrons. The van der Waals surface area contributed by atoms with Crippen LogP contribution >= 0.6 is 0 Å². The Bertz CT molecular complexity index is 548. The van der Waals surface area contributed by atoms with Gasteiger partial charge in [0.25, 0.3) is 10.2 Å². The average molecular weight is 272 g/mol. The molecule has 0 radical (unpaired) electrons. The van der Waals surface area contributed by atoms with Crippen molar-refractivity contribution in [2.45, 2.75) is 19.4 Å².